The van der Waals surface area contributed by atoms with Gasteiger partial charge in [-0.1, -0.05) is 41.0 Å². The van der Waals surface area contributed by atoms with Gasteiger partial charge in [0.25, 0.3) is 11.5 Å². The molecular weight excluding hydrogens is 448 g/mol. The van der Waals surface area contributed by atoms with Gasteiger partial charge in [-0.05, 0) is 70.2 Å². The summed E-state index contributed by atoms with van der Waals surface area (Å²) in [4.78, 5) is 35.0. The zero-order valence-electron chi connectivity index (χ0n) is 22.9. The van der Waals surface area contributed by atoms with Crippen LogP contribution in [-0.4, -0.2) is 32.3 Å². The van der Waals surface area contributed by atoms with E-state index < -0.39 is 16.6 Å². The second-order valence-electron chi connectivity index (χ2n) is 11.4. The van der Waals surface area contributed by atoms with Crippen LogP contribution in [0.3, 0.4) is 0 Å². The first-order valence-corrected chi connectivity index (χ1v) is 13.4. The van der Waals surface area contributed by atoms with Crippen LogP contribution in [0.5, 0.6) is 0 Å². The van der Waals surface area contributed by atoms with Gasteiger partial charge in [-0.3, -0.25) is 29.5 Å². The Hall–Kier alpha value is -3.02. The molecule has 0 bridgehead atoms. The number of pyridine rings is 1. The van der Waals surface area contributed by atoms with E-state index in [4.69, 9.17) is 4.99 Å². The highest BCUT2D eigenvalue weighted by Gasteiger charge is 2.50. The molecule has 3 heterocycles. The Kier molecular flexibility index (Phi) is 5.30. The molecule has 1 aromatic heterocycles. The minimum Gasteiger partial charge on any atom is -0.286 e. The average Bonchev–Trinajstić information content (AvgIpc) is 3.13. The fourth-order valence-corrected chi connectivity index (χ4v) is 6.73. The number of fused-ring (bicyclic) bond motifs is 2. The van der Waals surface area contributed by atoms with Crippen LogP contribution >= 0.6 is 0 Å². The number of hydrogen-bond acceptors (Lipinski definition) is 4. The summed E-state index contributed by atoms with van der Waals surface area (Å²) in [5.74, 6) is 0.296. The molecule has 0 saturated heterocycles. The lowest BCUT2D eigenvalue weighted by atomic mass is 9.76. The predicted octanol–water partition coefficient (Wildman–Crippen LogP) is 5.80. The van der Waals surface area contributed by atoms with Crippen LogP contribution in [0.4, 0.5) is 0 Å². The zero-order chi connectivity index (χ0) is 26.4. The van der Waals surface area contributed by atoms with Crippen molar-refractivity contribution in [3.8, 4) is 0 Å². The highest BCUT2D eigenvalue weighted by atomic mass is 16.2. The lowest BCUT2D eigenvalue weighted by Crippen LogP contribution is -2.57. The van der Waals surface area contributed by atoms with Gasteiger partial charge < -0.3 is 0 Å². The van der Waals surface area contributed by atoms with Crippen LogP contribution < -0.4 is 11.0 Å². The first-order valence-electron chi connectivity index (χ1n) is 13.4. The molecule has 190 valence electrons. The molecule has 36 heavy (non-hydrogen) atoms. The van der Waals surface area contributed by atoms with Crippen LogP contribution in [0.2, 0.25) is 0 Å². The van der Waals surface area contributed by atoms with Gasteiger partial charge in [0.15, 0.2) is 0 Å². The first-order chi connectivity index (χ1) is 17.0. The summed E-state index contributed by atoms with van der Waals surface area (Å²) in [6.45, 7) is 17.0. The Bertz CT molecular complexity index is 1550. The minimum atomic E-state index is -0.477. The molecule has 0 saturated carbocycles. The third-order valence-corrected chi connectivity index (χ3v) is 10.2. The first kappa shape index (κ1) is 24.7. The highest BCUT2D eigenvalue weighted by molar-refractivity contribution is 6.30. The molecule has 2 aliphatic heterocycles. The fourth-order valence-electron chi connectivity index (χ4n) is 6.73. The Balaban J connectivity index is 1.89. The molecule has 2 aliphatic rings. The van der Waals surface area contributed by atoms with Crippen molar-refractivity contribution in [2.24, 2.45) is 10.9 Å². The van der Waals surface area contributed by atoms with Gasteiger partial charge in [0, 0.05) is 38.2 Å². The van der Waals surface area contributed by atoms with Crippen molar-refractivity contribution >= 4 is 33.3 Å². The Morgan fingerprint density at radius 3 is 2.19 bits per heavy atom. The molecule has 0 fully saturated rings. The third kappa shape index (κ3) is 2.68. The van der Waals surface area contributed by atoms with E-state index in [9.17, 15) is 15.0 Å². The summed E-state index contributed by atoms with van der Waals surface area (Å²) in [7, 11) is 0. The van der Waals surface area contributed by atoms with Gasteiger partial charge in [0.1, 0.15) is 11.3 Å². The largest absolute Gasteiger partial charge is 0.286 e. The molecule has 1 amide bonds. The van der Waals surface area contributed by atoms with Gasteiger partial charge >= 0.3 is 0 Å². The maximum absolute atomic E-state index is 14.0. The van der Waals surface area contributed by atoms with E-state index in [1.165, 1.54) is 0 Å². The van der Waals surface area contributed by atoms with Crippen molar-refractivity contribution in [1.29, 1.82) is 5.41 Å². The fraction of sp³-hybridized carbons (Fsp3) is 0.533. The molecule has 0 radical (unpaired) electrons. The van der Waals surface area contributed by atoms with E-state index in [2.05, 4.69) is 55.4 Å². The van der Waals surface area contributed by atoms with Crippen molar-refractivity contribution in [3.63, 3.8) is 0 Å². The monoisotopic (exact) mass is 486 g/mol. The van der Waals surface area contributed by atoms with Crippen molar-refractivity contribution in [2.75, 3.05) is 0 Å². The van der Waals surface area contributed by atoms with E-state index in [0.717, 1.165) is 41.8 Å². The number of benzene rings is 2. The molecule has 6 heteroatoms. The lowest BCUT2D eigenvalue weighted by molar-refractivity contribution is 0.0582. The third-order valence-electron chi connectivity index (χ3n) is 10.2. The number of amides is 1. The van der Waals surface area contributed by atoms with Crippen molar-refractivity contribution < 1.29 is 4.79 Å². The second-order valence-corrected chi connectivity index (χ2v) is 11.4. The Morgan fingerprint density at radius 1 is 0.972 bits per heavy atom. The van der Waals surface area contributed by atoms with Crippen LogP contribution in [-0.2, 0) is 5.54 Å². The number of carbonyl (C=O) groups excluding carboxylic acids is 1. The van der Waals surface area contributed by atoms with E-state index >= 15 is 0 Å². The number of amidine groups is 1. The summed E-state index contributed by atoms with van der Waals surface area (Å²) < 4.78 is 1.90. The maximum atomic E-state index is 14.0. The Labute approximate surface area is 212 Å². The van der Waals surface area contributed by atoms with E-state index in [1.54, 1.807) is 4.90 Å². The maximum Gasteiger partial charge on any atom is 0.260 e. The number of nitrogens with zero attached hydrogens (tertiary/aromatic N) is 3. The smallest absolute Gasteiger partial charge is 0.260 e. The molecule has 4 unspecified atom stereocenters. The van der Waals surface area contributed by atoms with Gasteiger partial charge in [-0.15, -0.1) is 0 Å². The van der Waals surface area contributed by atoms with Gasteiger partial charge in [-0.2, -0.15) is 0 Å². The van der Waals surface area contributed by atoms with Crippen LogP contribution in [0.1, 0.15) is 97.0 Å². The molecule has 6 nitrogen and oxygen atoms in total. The van der Waals surface area contributed by atoms with Crippen molar-refractivity contribution in [2.45, 2.75) is 97.7 Å². The SMILES string of the molecule is CCC(C)C(C)(CC)N1C(=N)c2ccc3c(=O)n4c(c5ccc(c2c35)C1=O)=NC(C)(CC)C4(C)CC. The lowest BCUT2D eigenvalue weighted by Gasteiger charge is -2.46. The molecule has 0 spiro atoms. The molecule has 3 aromatic rings. The van der Waals surface area contributed by atoms with Gasteiger partial charge in [0.2, 0.25) is 0 Å². The zero-order valence-corrected chi connectivity index (χ0v) is 22.9. The quantitative estimate of drug-likeness (QED) is 0.478. The van der Waals surface area contributed by atoms with Crippen LogP contribution in [0.25, 0.3) is 21.5 Å². The Morgan fingerprint density at radius 2 is 1.61 bits per heavy atom. The van der Waals surface area contributed by atoms with Crippen molar-refractivity contribution in [3.05, 3.63) is 51.2 Å². The number of aromatic nitrogens is 1. The molecular formula is C30H38N4O2. The predicted molar refractivity (Wildman–Crippen MR) is 146 cm³/mol. The summed E-state index contributed by atoms with van der Waals surface area (Å²) in [6.07, 6.45) is 3.27. The number of rotatable bonds is 6. The highest BCUT2D eigenvalue weighted by Crippen LogP contribution is 2.43. The molecule has 1 N–H and O–H groups in total. The summed E-state index contributed by atoms with van der Waals surface area (Å²) in [5.41, 5.74) is 0.597. The van der Waals surface area contributed by atoms with E-state index in [-0.39, 0.29) is 23.2 Å². The number of carbonyl (C=O) groups is 1. The van der Waals surface area contributed by atoms with E-state index in [1.807, 2.05) is 28.8 Å². The summed E-state index contributed by atoms with van der Waals surface area (Å²) in [6, 6.07) is 7.59. The van der Waals surface area contributed by atoms with Crippen LogP contribution in [0.15, 0.2) is 34.1 Å². The molecule has 5 rings (SSSR count). The van der Waals surface area contributed by atoms with Gasteiger partial charge in [0.05, 0.1) is 11.1 Å². The summed E-state index contributed by atoms with van der Waals surface area (Å²) in [5, 5.41) is 12.2. The number of nitrogens with one attached hydrogen (secondary N) is 1. The summed E-state index contributed by atoms with van der Waals surface area (Å²) >= 11 is 0. The van der Waals surface area contributed by atoms with E-state index in [0.29, 0.717) is 22.0 Å². The number of hydrogen-bond donors (Lipinski definition) is 1. The minimum absolute atomic E-state index is 0.0640. The standard InChI is InChI=1S/C30H38N4O2/c1-9-17(5)28(6,10-2)33-24(31)18-13-15-21-23-19(14-16-20(22(18)23)26(33)35)25-32-29(7,11-3)30(8,12-4)34(25)27(21)36/h13-17,31H,9-12H2,1-8H3. The van der Waals surface area contributed by atoms with Crippen LogP contribution in [0, 0.1) is 11.3 Å². The normalized spacial score (nSPS) is 25.8. The average molecular weight is 487 g/mol. The second kappa shape index (κ2) is 7.74. The molecule has 0 aliphatic carbocycles. The molecule has 2 aromatic carbocycles. The van der Waals surface area contributed by atoms with Gasteiger partial charge in [-0.25, -0.2) is 0 Å². The molecule has 4 atom stereocenters. The van der Waals surface area contributed by atoms with Crippen molar-refractivity contribution in [1.82, 2.24) is 9.47 Å². The topological polar surface area (TPSA) is 78.5 Å².